The summed E-state index contributed by atoms with van der Waals surface area (Å²) in [7, 11) is 1.59. The largest absolute Gasteiger partial charge is 0.359 e. The summed E-state index contributed by atoms with van der Waals surface area (Å²) in [6.45, 7) is 0. The lowest BCUT2D eigenvalue weighted by molar-refractivity contribution is -0.120. The molecule has 2 amide bonds. The molecule has 0 saturated heterocycles. The fourth-order valence-electron chi connectivity index (χ4n) is 1.28. The first-order valence-corrected chi connectivity index (χ1v) is 5.28. The predicted molar refractivity (Wildman–Crippen MR) is 63.0 cm³/mol. The van der Waals surface area contributed by atoms with Gasteiger partial charge in [0, 0.05) is 25.6 Å². The maximum atomic E-state index is 11.4. The van der Waals surface area contributed by atoms with Crippen molar-refractivity contribution in [3.05, 3.63) is 30.3 Å². The number of carbonyl (C=O) groups excluding carboxylic acids is 2. The van der Waals surface area contributed by atoms with E-state index in [0.717, 1.165) is 5.69 Å². The average molecular weight is 220 g/mol. The number of anilines is 1. The molecule has 4 nitrogen and oxygen atoms in total. The zero-order valence-corrected chi connectivity index (χ0v) is 9.32. The molecule has 0 unspecified atom stereocenters. The van der Waals surface area contributed by atoms with Gasteiger partial charge in [-0.1, -0.05) is 18.2 Å². The fraction of sp³-hybridized carbons (Fsp3) is 0.333. The fourth-order valence-corrected chi connectivity index (χ4v) is 1.28. The van der Waals surface area contributed by atoms with Gasteiger partial charge in [0.05, 0.1) is 0 Å². The molecule has 86 valence electrons. The van der Waals surface area contributed by atoms with Crippen LogP contribution in [0.15, 0.2) is 30.3 Å². The highest BCUT2D eigenvalue weighted by Crippen LogP contribution is 2.06. The van der Waals surface area contributed by atoms with Crippen LogP contribution in [0.4, 0.5) is 5.69 Å². The standard InChI is InChI=1S/C12H16N2O2/c1-13-11(15)8-5-9-12(16)14-10-6-3-2-4-7-10/h2-4,6-7H,5,8-9H2,1H3,(H,13,15)(H,14,16). The van der Waals surface area contributed by atoms with Gasteiger partial charge in [-0.25, -0.2) is 0 Å². The predicted octanol–water partition coefficient (Wildman–Crippen LogP) is 1.54. The van der Waals surface area contributed by atoms with E-state index < -0.39 is 0 Å². The molecule has 4 heteroatoms. The summed E-state index contributed by atoms with van der Waals surface area (Å²) in [6.07, 6.45) is 1.32. The normalized spacial score (nSPS) is 9.56. The summed E-state index contributed by atoms with van der Waals surface area (Å²) in [6, 6.07) is 9.27. The Balaban J connectivity index is 2.24. The van der Waals surface area contributed by atoms with Crippen molar-refractivity contribution in [3.8, 4) is 0 Å². The van der Waals surface area contributed by atoms with Crippen LogP contribution in [-0.4, -0.2) is 18.9 Å². The molecule has 2 N–H and O–H groups in total. The van der Waals surface area contributed by atoms with E-state index in [9.17, 15) is 9.59 Å². The Morgan fingerprint density at radius 2 is 1.69 bits per heavy atom. The van der Waals surface area contributed by atoms with Gasteiger partial charge in [-0.2, -0.15) is 0 Å². The van der Waals surface area contributed by atoms with Crippen molar-refractivity contribution in [2.45, 2.75) is 19.3 Å². The van der Waals surface area contributed by atoms with E-state index in [-0.39, 0.29) is 11.8 Å². The molecular weight excluding hydrogens is 204 g/mol. The van der Waals surface area contributed by atoms with E-state index in [0.29, 0.717) is 19.3 Å². The summed E-state index contributed by atoms with van der Waals surface area (Å²) >= 11 is 0. The molecule has 16 heavy (non-hydrogen) atoms. The van der Waals surface area contributed by atoms with Crippen molar-refractivity contribution in [2.24, 2.45) is 0 Å². The molecule has 0 heterocycles. The van der Waals surface area contributed by atoms with Gasteiger partial charge < -0.3 is 10.6 Å². The summed E-state index contributed by atoms with van der Waals surface area (Å²) in [4.78, 5) is 22.3. The van der Waals surface area contributed by atoms with E-state index in [1.165, 1.54) is 0 Å². The second-order valence-electron chi connectivity index (χ2n) is 3.44. The second kappa shape index (κ2) is 6.61. The van der Waals surface area contributed by atoms with E-state index in [4.69, 9.17) is 0 Å². The molecule has 0 bridgehead atoms. The van der Waals surface area contributed by atoms with E-state index >= 15 is 0 Å². The van der Waals surface area contributed by atoms with Crippen LogP contribution in [0.3, 0.4) is 0 Å². The highest BCUT2D eigenvalue weighted by Gasteiger charge is 2.03. The van der Waals surface area contributed by atoms with Gasteiger partial charge in [0.25, 0.3) is 0 Å². The number of carbonyl (C=O) groups is 2. The first-order valence-electron chi connectivity index (χ1n) is 5.28. The van der Waals surface area contributed by atoms with Crippen LogP contribution in [0.1, 0.15) is 19.3 Å². The third-order valence-corrected chi connectivity index (χ3v) is 2.14. The zero-order valence-electron chi connectivity index (χ0n) is 9.32. The highest BCUT2D eigenvalue weighted by molar-refractivity contribution is 5.90. The molecular formula is C12H16N2O2. The molecule has 1 rings (SSSR count). The van der Waals surface area contributed by atoms with Crippen LogP contribution in [0.2, 0.25) is 0 Å². The van der Waals surface area contributed by atoms with Crippen molar-refractivity contribution in [1.29, 1.82) is 0 Å². The summed E-state index contributed by atoms with van der Waals surface area (Å²) in [5, 5.41) is 5.28. The Kier molecular flexibility index (Phi) is 5.05. The van der Waals surface area contributed by atoms with Crippen molar-refractivity contribution < 1.29 is 9.59 Å². The topological polar surface area (TPSA) is 58.2 Å². The van der Waals surface area contributed by atoms with Gasteiger partial charge in [-0.3, -0.25) is 9.59 Å². The molecule has 0 aliphatic rings. The van der Waals surface area contributed by atoms with Gasteiger partial charge >= 0.3 is 0 Å². The first-order chi connectivity index (χ1) is 7.72. The lowest BCUT2D eigenvalue weighted by atomic mass is 10.2. The highest BCUT2D eigenvalue weighted by atomic mass is 16.2. The molecule has 1 aromatic carbocycles. The molecule has 0 radical (unpaired) electrons. The lowest BCUT2D eigenvalue weighted by Crippen LogP contribution is -2.18. The third-order valence-electron chi connectivity index (χ3n) is 2.14. The first kappa shape index (κ1) is 12.2. The van der Waals surface area contributed by atoms with Crippen molar-refractivity contribution in [3.63, 3.8) is 0 Å². The van der Waals surface area contributed by atoms with Crippen molar-refractivity contribution in [2.75, 3.05) is 12.4 Å². The minimum absolute atomic E-state index is 0.0347. The number of amides is 2. The number of hydrogen-bond donors (Lipinski definition) is 2. The van der Waals surface area contributed by atoms with E-state index in [1.807, 2.05) is 30.3 Å². The van der Waals surface area contributed by atoms with Gasteiger partial charge in [-0.15, -0.1) is 0 Å². The monoisotopic (exact) mass is 220 g/mol. The Labute approximate surface area is 95.0 Å². The second-order valence-corrected chi connectivity index (χ2v) is 3.44. The number of para-hydroxylation sites is 1. The molecule has 0 aromatic heterocycles. The van der Waals surface area contributed by atoms with E-state index in [1.54, 1.807) is 7.05 Å². The number of nitrogens with one attached hydrogen (secondary N) is 2. The Bertz CT molecular complexity index is 349. The summed E-state index contributed by atoms with van der Waals surface area (Å²) in [5.41, 5.74) is 0.785. The molecule has 0 spiro atoms. The third kappa shape index (κ3) is 4.59. The Morgan fingerprint density at radius 3 is 2.31 bits per heavy atom. The van der Waals surface area contributed by atoms with Gasteiger partial charge in [0.2, 0.25) is 11.8 Å². The van der Waals surface area contributed by atoms with Gasteiger partial charge in [0.15, 0.2) is 0 Å². The number of hydrogen-bond acceptors (Lipinski definition) is 2. The molecule has 0 atom stereocenters. The average Bonchev–Trinajstić information content (AvgIpc) is 2.30. The Hall–Kier alpha value is -1.84. The number of rotatable bonds is 5. The minimum atomic E-state index is -0.0601. The van der Waals surface area contributed by atoms with E-state index in [2.05, 4.69) is 10.6 Å². The number of benzene rings is 1. The molecule has 0 fully saturated rings. The van der Waals surface area contributed by atoms with Crippen LogP contribution < -0.4 is 10.6 Å². The van der Waals surface area contributed by atoms with Crippen molar-refractivity contribution >= 4 is 17.5 Å². The Morgan fingerprint density at radius 1 is 1.06 bits per heavy atom. The summed E-state index contributed by atoms with van der Waals surface area (Å²) < 4.78 is 0. The minimum Gasteiger partial charge on any atom is -0.359 e. The van der Waals surface area contributed by atoms with Crippen LogP contribution >= 0.6 is 0 Å². The summed E-state index contributed by atoms with van der Waals surface area (Å²) in [5.74, 6) is -0.0948. The molecule has 0 aliphatic carbocycles. The smallest absolute Gasteiger partial charge is 0.224 e. The van der Waals surface area contributed by atoms with Crippen LogP contribution in [0.5, 0.6) is 0 Å². The lowest BCUT2D eigenvalue weighted by Gasteiger charge is -2.04. The van der Waals surface area contributed by atoms with Gasteiger partial charge in [-0.05, 0) is 18.6 Å². The van der Waals surface area contributed by atoms with Gasteiger partial charge in [0.1, 0.15) is 0 Å². The zero-order chi connectivity index (χ0) is 11.8. The quantitative estimate of drug-likeness (QED) is 0.790. The maximum absolute atomic E-state index is 11.4. The molecule has 1 aromatic rings. The SMILES string of the molecule is CNC(=O)CCCC(=O)Nc1ccccc1. The van der Waals surface area contributed by atoms with Crippen LogP contribution in [-0.2, 0) is 9.59 Å². The molecule has 0 aliphatic heterocycles. The maximum Gasteiger partial charge on any atom is 0.224 e. The molecule has 0 saturated carbocycles. The van der Waals surface area contributed by atoms with Crippen molar-refractivity contribution in [1.82, 2.24) is 5.32 Å². The van der Waals surface area contributed by atoms with Crippen LogP contribution in [0.25, 0.3) is 0 Å². The van der Waals surface area contributed by atoms with Crippen LogP contribution in [0, 0.1) is 0 Å².